The third kappa shape index (κ3) is 3.58. The maximum atomic E-state index is 11.6. The zero-order valence-corrected chi connectivity index (χ0v) is 14.9. The van der Waals surface area contributed by atoms with Gasteiger partial charge in [0.05, 0.1) is 24.2 Å². The zero-order chi connectivity index (χ0) is 17.5. The highest BCUT2D eigenvalue weighted by Crippen LogP contribution is 2.41. The summed E-state index contributed by atoms with van der Waals surface area (Å²) >= 11 is 1.34. The Morgan fingerprint density at radius 3 is 2.75 bits per heavy atom. The first-order valence-electron chi connectivity index (χ1n) is 7.60. The van der Waals surface area contributed by atoms with Crippen molar-refractivity contribution in [1.82, 2.24) is 0 Å². The molecule has 0 atom stereocenters. The Bertz CT molecular complexity index is 749. The summed E-state index contributed by atoms with van der Waals surface area (Å²) in [5.74, 6) is 0.688. The lowest BCUT2D eigenvalue weighted by molar-refractivity contribution is 0.112. The summed E-state index contributed by atoms with van der Waals surface area (Å²) in [6, 6.07) is 9.68. The number of ether oxygens (including phenoxy) is 2. The Labute approximate surface area is 146 Å². The first-order chi connectivity index (χ1) is 11.7. The quantitative estimate of drug-likeness (QED) is 0.685. The molecule has 5 nitrogen and oxygen atoms in total. The minimum absolute atomic E-state index is 0.522. The Hall–Kier alpha value is -2.36. The van der Waals surface area contributed by atoms with Crippen molar-refractivity contribution in [2.75, 3.05) is 38.8 Å². The molecule has 6 heteroatoms. The number of carbonyl (C=O) groups excluding carboxylic acids is 1. The molecule has 0 radical (unpaired) electrons. The third-order valence-corrected chi connectivity index (χ3v) is 4.90. The minimum atomic E-state index is 0.522. The van der Waals surface area contributed by atoms with Crippen molar-refractivity contribution in [2.24, 2.45) is 0 Å². The Balaban J connectivity index is 2.59. The second-order valence-electron chi connectivity index (χ2n) is 5.06. The van der Waals surface area contributed by atoms with Crippen LogP contribution in [0.4, 0.5) is 5.00 Å². The monoisotopic (exact) mass is 344 g/mol. The predicted molar refractivity (Wildman–Crippen MR) is 96.2 cm³/mol. The Morgan fingerprint density at radius 1 is 1.38 bits per heavy atom. The minimum Gasteiger partial charge on any atom is -0.497 e. The van der Waals surface area contributed by atoms with E-state index in [1.807, 2.05) is 31.2 Å². The SMILES string of the molecule is CCN(CCOC)c1sc(C=O)c(-c2cccc(OC)c2)c1C#N. The van der Waals surface area contributed by atoms with Crippen LogP contribution in [0.25, 0.3) is 11.1 Å². The molecule has 0 amide bonds. The molecule has 0 bridgehead atoms. The van der Waals surface area contributed by atoms with Gasteiger partial charge in [0.2, 0.25) is 0 Å². The van der Waals surface area contributed by atoms with E-state index in [9.17, 15) is 10.1 Å². The number of nitrogens with zero attached hydrogens (tertiary/aromatic N) is 2. The fourth-order valence-corrected chi connectivity index (χ4v) is 3.69. The molecule has 0 aliphatic heterocycles. The molecule has 0 aliphatic carbocycles. The van der Waals surface area contributed by atoms with E-state index in [-0.39, 0.29) is 0 Å². The summed E-state index contributed by atoms with van der Waals surface area (Å²) in [7, 11) is 3.24. The zero-order valence-electron chi connectivity index (χ0n) is 14.0. The molecule has 1 aromatic carbocycles. The van der Waals surface area contributed by atoms with Crippen molar-refractivity contribution in [3.8, 4) is 22.9 Å². The average Bonchev–Trinajstić information content (AvgIpc) is 3.01. The van der Waals surface area contributed by atoms with E-state index in [2.05, 4.69) is 11.0 Å². The van der Waals surface area contributed by atoms with Gasteiger partial charge in [0, 0.05) is 25.8 Å². The van der Waals surface area contributed by atoms with E-state index >= 15 is 0 Å². The van der Waals surface area contributed by atoms with Crippen LogP contribution in [0.1, 0.15) is 22.2 Å². The van der Waals surface area contributed by atoms with Crippen molar-refractivity contribution in [3.05, 3.63) is 34.7 Å². The van der Waals surface area contributed by atoms with Crippen LogP contribution in [0.3, 0.4) is 0 Å². The number of benzene rings is 1. The van der Waals surface area contributed by atoms with Crippen molar-refractivity contribution in [3.63, 3.8) is 0 Å². The third-order valence-electron chi connectivity index (χ3n) is 3.73. The van der Waals surface area contributed by atoms with Crippen molar-refractivity contribution < 1.29 is 14.3 Å². The summed E-state index contributed by atoms with van der Waals surface area (Å²) in [6.07, 6.45) is 0.813. The highest BCUT2D eigenvalue weighted by Gasteiger charge is 2.22. The van der Waals surface area contributed by atoms with E-state index in [0.717, 1.165) is 23.4 Å². The number of nitriles is 1. The smallest absolute Gasteiger partial charge is 0.160 e. The lowest BCUT2D eigenvalue weighted by Crippen LogP contribution is -2.26. The molecule has 1 heterocycles. The van der Waals surface area contributed by atoms with Crippen molar-refractivity contribution in [2.45, 2.75) is 6.92 Å². The van der Waals surface area contributed by atoms with Gasteiger partial charge in [0.25, 0.3) is 0 Å². The Kier molecular flexibility index (Phi) is 6.36. The van der Waals surface area contributed by atoms with Crippen LogP contribution < -0.4 is 9.64 Å². The second-order valence-corrected chi connectivity index (χ2v) is 6.09. The van der Waals surface area contributed by atoms with Crippen molar-refractivity contribution >= 4 is 22.6 Å². The largest absolute Gasteiger partial charge is 0.497 e. The summed E-state index contributed by atoms with van der Waals surface area (Å²) in [5.41, 5.74) is 1.99. The maximum absolute atomic E-state index is 11.6. The number of anilines is 1. The summed E-state index contributed by atoms with van der Waals surface area (Å²) < 4.78 is 10.4. The number of methoxy groups -OCH3 is 2. The van der Waals surface area contributed by atoms with Crippen LogP contribution in [0.15, 0.2) is 24.3 Å². The fraction of sp³-hybridized carbons (Fsp3) is 0.333. The van der Waals surface area contributed by atoms with Crippen LogP contribution in [0, 0.1) is 11.3 Å². The molecule has 2 aromatic rings. The summed E-state index contributed by atoms with van der Waals surface area (Å²) in [6.45, 7) is 3.97. The predicted octanol–water partition coefficient (Wildman–Crippen LogP) is 3.58. The highest BCUT2D eigenvalue weighted by atomic mass is 32.1. The lowest BCUT2D eigenvalue weighted by atomic mass is 10.0. The van der Waals surface area contributed by atoms with E-state index < -0.39 is 0 Å². The summed E-state index contributed by atoms with van der Waals surface area (Å²) in [4.78, 5) is 14.2. The molecule has 0 saturated carbocycles. The van der Waals surface area contributed by atoms with Gasteiger partial charge in [-0.2, -0.15) is 5.26 Å². The van der Waals surface area contributed by atoms with E-state index in [1.165, 1.54) is 11.3 Å². The standard InChI is InChI=1S/C18H20N2O3S/c1-4-20(8-9-22-2)18-15(11-19)17(16(12-21)24-18)13-6-5-7-14(10-13)23-3/h5-7,10,12H,4,8-9H2,1-3H3. The van der Waals surface area contributed by atoms with Gasteiger partial charge in [-0.1, -0.05) is 12.1 Å². The number of hydrogen-bond acceptors (Lipinski definition) is 6. The van der Waals surface area contributed by atoms with Gasteiger partial charge in [-0.25, -0.2) is 0 Å². The Morgan fingerprint density at radius 2 is 2.17 bits per heavy atom. The van der Waals surface area contributed by atoms with Gasteiger partial charge in [0.1, 0.15) is 16.8 Å². The van der Waals surface area contributed by atoms with Gasteiger partial charge < -0.3 is 14.4 Å². The fourth-order valence-electron chi connectivity index (χ4n) is 2.52. The lowest BCUT2D eigenvalue weighted by Gasteiger charge is -2.21. The first-order valence-corrected chi connectivity index (χ1v) is 8.42. The maximum Gasteiger partial charge on any atom is 0.160 e. The summed E-state index contributed by atoms with van der Waals surface area (Å²) in [5, 5.41) is 10.5. The average molecular weight is 344 g/mol. The van der Waals surface area contributed by atoms with Crippen LogP contribution >= 0.6 is 11.3 Å². The molecular formula is C18H20N2O3S. The van der Waals surface area contributed by atoms with Crippen LogP contribution in [-0.4, -0.2) is 40.2 Å². The van der Waals surface area contributed by atoms with Gasteiger partial charge >= 0.3 is 0 Å². The number of aldehydes is 1. The van der Waals surface area contributed by atoms with Crippen LogP contribution in [0.2, 0.25) is 0 Å². The van der Waals surface area contributed by atoms with Gasteiger partial charge in [0.15, 0.2) is 6.29 Å². The van der Waals surface area contributed by atoms with Gasteiger partial charge in [-0.05, 0) is 24.6 Å². The number of thiophene rings is 1. The molecule has 0 spiro atoms. The molecule has 0 fully saturated rings. The van der Waals surface area contributed by atoms with E-state index in [0.29, 0.717) is 34.9 Å². The molecule has 0 saturated heterocycles. The van der Waals surface area contributed by atoms with E-state index in [1.54, 1.807) is 14.2 Å². The van der Waals surface area contributed by atoms with Crippen LogP contribution in [-0.2, 0) is 4.74 Å². The molecule has 24 heavy (non-hydrogen) atoms. The number of carbonyl (C=O) groups is 1. The first kappa shape index (κ1) is 18.0. The molecule has 1 aromatic heterocycles. The van der Waals surface area contributed by atoms with E-state index in [4.69, 9.17) is 9.47 Å². The number of rotatable bonds is 8. The van der Waals surface area contributed by atoms with Gasteiger partial charge in [-0.3, -0.25) is 4.79 Å². The molecule has 0 N–H and O–H groups in total. The van der Waals surface area contributed by atoms with Crippen LogP contribution in [0.5, 0.6) is 5.75 Å². The molecule has 2 rings (SSSR count). The van der Waals surface area contributed by atoms with Gasteiger partial charge in [-0.15, -0.1) is 11.3 Å². The highest BCUT2D eigenvalue weighted by molar-refractivity contribution is 7.18. The second kappa shape index (κ2) is 8.48. The molecule has 0 unspecified atom stereocenters. The molecule has 0 aliphatic rings. The molecular weight excluding hydrogens is 324 g/mol. The molecule has 126 valence electrons. The number of hydrogen-bond donors (Lipinski definition) is 0. The topological polar surface area (TPSA) is 62.6 Å². The van der Waals surface area contributed by atoms with Crippen molar-refractivity contribution in [1.29, 1.82) is 5.26 Å². The number of likely N-dealkylation sites (N-methyl/N-ethyl adjacent to an activating group) is 1. The normalized spacial score (nSPS) is 10.2.